The van der Waals surface area contributed by atoms with E-state index in [-0.39, 0.29) is 0 Å². The van der Waals surface area contributed by atoms with Crippen LogP contribution in [-0.4, -0.2) is 11.7 Å². The molecule has 1 atom stereocenters. The number of aryl methyl sites for hydroxylation is 1. The van der Waals surface area contributed by atoms with Gasteiger partial charge >= 0.3 is 0 Å². The summed E-state index contributed by atoms with van der Waals surface area (Å²) in [6.45, 7) is 3.89. The molecule has 3 aromatic carbocycles. The zero-order valence-corrected chi connectivity index (χ0v) is 15.1. The zero-order chi connectivity index (χ0) is 18.2. The van der Waals surface area contributed by atoms with E-state index >= 15 is 0 Å². The second-order valence-corrected chi connectivity index (χ2v) is 6.48. The van der Waals surface area contributed by atoms with Crippen molar-refractivity contribution in [3.05, 3.63) is 101 Å². The quantitative estimate of drug-likeness (QED) is 0.635. The predicted molar refractivity (Wildman–Crippen MR) is 105 cm³/mol. The maximum Gasteiger partial charge on any atom is 0.119 e. The molecule has 26 heavy (non-hydrogen) atoms. The second-order valence-electron chi connectivity index (χ2n) is 6.48. The molecule has 0 unspecified atom stereocenters. The van der Waals surface area contributed by atoms with Crippen LogP contribution in [0.1, 0.15) is 28.4 Å². The number of benzene rings is 3. The number of hydrogen-bond donors (Lipinski definition) is 2. The van der Waals surface area contributed by atoms with E-state index in [1.54, 1.807) is 0 Å². The molecule has 3 rings (SSSR count). The van der Waals surface area contributed by atoms with Crippen LogP contribution in [0.2, 0.25) is 0 Å². The molecule has 0 fully saturated rings. The summed E-state index contributed by atoms with van der Waals surface area (Å²) in [5, 5.41) is 13.5. The van der Waals surface area contributed by atoms with Crippen LogP contribution in [0.4, 0.5) is 0 Å². The number of hydrogen-bond acceptors (Lipinski definition) is 3. The van der Waals surface area contributed by atoms with Gasteiger partial charge in [-0.2, -0.15) is 0 Å². The lowest BCUT2D eigenvalue weighted by Crippen LogP contribution is -2.20. The molecule has 0 bridgehead atoms. The predicted octanol–water partition coefficient (Wildman–Crippen LogP) is 4.40. The number of aliphatic hydroxyl groups excluding tert-OH is 1. The molecule has 0 saturated heterocycles. The van der Waals surface area contributed by atoms with E-state index in [2.05, 4.69) is 30.4 Å². The molecular formula is C23H25NO2. The molecule has 0 aromatic heterocycles. The highest BCUT2D eigenvalue weighted by molar-refractivity contribution is 5.28. The fraction of sp³-hybridized carbons (Fsp3) is 0.217. The number of rotatable bonds is 8. The van der Waals surface area contributed by atoms with Crippen molar-refractivity contribution in [1.82, 2.24) is 5.32 Å². The largest absolute Gasteiger partial charge is 0.489 e. The summed E-state index contributed by atoms with van der Waals surface area (Å²) in [6, 6.07) is 26.1. The lowest BCUT2D eigenvalue weighted by molar-refractivity contribution is 0.174. The Morgan fingerprint density at radius 2 is 1.65 bits per heavy atom. The van der Waals surface area contributed by atoms with Crippen LogP contribution < -0.4 is 10.1 Å². The first-order valence-corrected chi connectivity index (χ1v) is 8.92. The lowest BCUT2D eigenvalue weighted by Gasteiger charge is -2.12. The summed E-state index contributed by atoms with van der Waals surface area (Å²) in [5.74, 6) is 0.861. The summed E-state index contributed by atoms with van der Waals surface area (Å²) in [5.41, 5.74) is 4.50. The van der Waals surface area contributed by atoms with E-state index < -0.39 is 6.10 Å². The van der Waals surface area contributed by atoms with Crippen LogP contribution >= 0.6 is 0 Å². The maximum absolute atomic E-state index is 10.2. The van der Waals surface area contributed by atoms with Gasteiger partial charge in [0, 0.05) is 13.1 Å². The number of ether oxygens (including phenoxy) is 1. The molecule has 0 saturated carbocycles. The van der Waals surface area contributed by atoms with Crippen LogP contribution in [0, 0.1) is 6.92 Å². The van der Waals surface area contributed by atoms with Crippen LogP contribution in [-0.2, 0) is 13.2 Å². The smallest absolute Gasteiger partial charge is 0.119 e. The van der Waals surface area contributed by atoms with E-state index in [0.717, 1.165) is 16.9 Å². The van der Waals surface area contributed by atoms with Crippen molar-refractivity contribution in [2.24, 2.45) is 0 Å². The molecular weight excluding hydrogens is 322 g/mol. The van der Waals surface area contributed by atoms with Gasteiger partial charge in [0.1, 0.15) is 12.4 Å². The van der Waals surface area contributed by atoms with E-state index in [9.17, 15) is 5.11 Å². The first-order valence-electron chi connectivity index (χ1n) is 8.92. The molecule has 0 aliphatic carbocycles. The van der Waals surface area contributed by atoms with Crippen LogP contribution in [0.25, 0.3) is 0 Å². The van der Waals surface area contributed by atoms with Crippen molar-refractivity contribution in [1.29, 1.82) is 0 Å². The Labute approximate surface area is 155 Å². The van der Waals surface area contributed by atoms with Crippen LogP contribution in [0.5, 0.6) is 5.75 Å². The minimum Gasteiger partial charge on any atom is -0.489 e. The van der Waals surface area contributed by atoms with Crippen molar-refractivity contribution in [3.8, 4) is 5.75 Å². The minimum absolute atomic E-state index is 0.492. The summed E-state index contributed by atoms with van der Waals surface area (Å²) >= 11 is 0. The fourth-order valence-corrected chi connectivity index (χ4v) is 2.82. The summed E-state index contributed by atoms with van der Waals surface area (Å²) in [7, 11) is 0. The van der Waals surface area contributed by atoms with Gasteiger partial charge < -0.3 is 15.2 Å². The molecule has 0 spiro atoms. The molecule has 2 N–H and O–H groups in total. The molecule has 0 amide bonds. The highest BCUT2D eigenvalue weighted by Gasteiger charge is 2.06. The van der Waals surface area contributed by atoms with Gasteiger partial charge in [-0.05, 0) is 35.7 Å². The highest BCUT2D eigenvalue weighted by atomic mass is 16.5. The number of aliphatic hydroxyl groups is 1. The van der Waals surface area contributed by atoms with Gasteiger partial charge in [-0.3, -0.25) is 0 Å². The van der Waals surface area contributed by atoms with Gasteiger partial charge in [-0.1, -0.05) is 72.3 Å². The van der Waals surface area contributed by atoms with Gasteiger partial charge in [0.05, 0.1) is 6.10 Å². The number of nitrogens with one attached hydrogen (secondary N) is 1. The van der Waals surface area contributed by atoms with Crippen molar-refractivity contribution in [3.63, 3.8) is 0 Å². The molecule has 3 aromatic rings. The van der Waals surface area contributed by atoms with Gasteiger partial charge in [-0.25, -0.2) is 0 Å². The molecule has 3 heteroatoms. The van der Waals surface area contributed by atoms with Gasteiger partial charge in [0.25, 0.3) is 0 Å². The Morgan fingerprint density at radius 1 is 0.885 bits per heavy atom. The first-order chi connectivity index (χ1) is 12.7. The van der Waals surface area contributed by atoms with Gasteiger partial charge in [0.15, 0.2) is 0 Å². The topological polar surface area (TPSA) is 41.5 Å². The van der Waals surface area contributed by atoms with Gasteiger partial charge in [0.2, 0.25) is 0 Å². The van der Waals surface area contributed by atoms with Crippen molar-refractivity contribution >= 4 is 0 Å². The third-order valence-electron chi connectivity index (χ3n) is 4.26. The van der Waals surface area contributed by atoms with Crippen LogP contribution in [0.15, 0.2) is 78.9 Å². The van der Waals surface area contributed by atoms with Crippen molar-refractivity contribution in [2.45, 2.75) is 26.2 Å². The molecule has 0 aliphatic heterocycles. The average Bonchev–Trinajstić information content (AvgIpc) is 2.68. The van der Waals surface area contributed by atoms with Crippen molar-refractivity contribution < 1.29 is 9.84 Å². The van der Waals surface area contributed by atoms with E-state index in [1.165, 1.54) is 11.1 Å². The second kappa shape index (κ2) is 9.18. The first kappa shape index (κ1) is 18.2. The normalized spacial score (nSPS) is 11.9. The Kier molecular flexibility index (Phi) is 6.42. The van der Waals surface area contributed by atoms with Crippen LogP contribution in [0.3, 0.4) is 0 Å². The lowest BCUT2D eigenvalue weighted by atomic mass is 10.1. The maximum atomic E-state index is 10.2. The summed E-state index contributed by atoms with van der Waals surface area (Å²) < 4.78 is 5.84. The van der Waals surface area contributed by atoms with Gasteiger partial charge in [-0.15, -0.1) is 0 Å². The Balaban J connectivity index is 1.44. The average molecular weight is 347 g/mol. The zero-order valence-electron chi connectivity index (χ0n) is 15.1. The Bertz CT molecular complexity index is 800. The van der Waals surface area contributed by atoms with Crippen molar-refractivity contribution in [2.75, 3.05) is 6.54 Å². The molecule has 3 nitrogen and oxygen atoms in total. The fourth-order valence-electron chi connectivity index (χ4n) is 2.82. The molecule has 134 valence electrons. The summed E-state index contributed by atoms with van der Waals surface area (Å²) in [6.07, 6.45) is -0.492. The molecule has 0 aliphatic rings. The van der Waals surface area contributed by atoms with E-state index in [1.807, 2.05) is 60.7 Å². The molecule has 0 radical (unpaired) electrons. The summed E-state index contributed by atoms with van der Waals surface area (Å²) in [4.78, 5) is 0. The standard InChI is InChI=1S/C23H25NO2/c1-18-6-5-7-20(14-18)17-26-22-12-10-19(11-13-22)15-24-16-23(25)21-8-3-2-4-9-21/h2-14,23-25H,15-17H2,1H3/t23-/m0/s1. The third kappa shape index (κ3) is 5.45. The van der Waals surface area contributed by atoms with E-state index in [4.69, 9.17) is 4.74 Å². The van der Waals surface area contributed by atoms with E-state index in [0.29, 0.717) is 19.7 Å². The monoisotopic (exact) mass is 347 g/mol. The SMILES string of the molecule is Cc1cccc(COc2ccc(CNC[C@H](O)c3ccccc3)cc2)c1. The highest BCUT2D eigenvalue weighted by Crippen LogP contribution is 2.15. The Hall–Kier alpha value is -2.62. The Morgan fingerprint density at radius 3 is 2.38 bits per heavy atom. The third-order valence-corrected chi connectivity index (χ3v) is 4.26. The molecule has 0 heterocycles. The minimum atomic E-state index is -0.492.